The van der Waals surface area contributed by atoms with Crippen LogP contribution in [0.5, 0.6) is 0 Å². The first kappa shape index (κ1) is 22.8. The molecule has 1 saturated carbocycles. The molecule has 0 radical (unpaired) electrons. The molecule has 1 aliphatic carbocycles. The maximum Gasteiger partial charge on any atom is 0.193 e. The van der Waals surface area contributed by atoms with Crippen LogP contribution in [0.25, 0.3) is 0 Å². The van der Waals surface area contributed by atoms with E-state index in [4.69, 9.17) is 14.2 Å². The summed E-state index contributed by atoms with van der Waals surface area (Å²) in [5, 5.41) is 3.55. The van der Waals surface area contributed by atoms with Gasteiger partial charge in [-0.15, -0.1) is 0 Å². The number of nitrogens with one attached hydrogen (secondary N) is 1. The molecule has 1 unspecified atom stereocenters. The maximum atomic E-state index is 6.08. The molecule has 6 nitrogen and oxygen atoms in total. The van der Waals surface area contributed by atoms with Gasteiger partial charge in [0.25, 0.3) is 0 Å². The van der Waals surface area contributed by atoms with E-state index in [2.05, 4.69) is 15.2 Å². The molecule has 0 aromatic carbocycles. The van der Waals surface area contributed by atoms with Gasteiger partial charge in [-0.2, -0.15) is 0 Å². The highest BCUT2D eigenvalue weighted by atomic mass is 16.5. The molecule has 0 aromatic rings. The Morgan fingerprint density at radius 3 is 2.45 bits per heavy atom. The van der Waals surface area contributed by atoms with Crippen LogP contribution in [0.3, 0.4) is 0 Å². The van der Waals surface area contributed by atoms with Gasteiger partial charge in [-0.05, 0) is 57.8 Å². The monoisotopic (exact) mass is 409 g/mol. The van der Waals surface area contributed by atoms with Crippen LogP contribution in [-0.2, 0) is 14.2 Å². The highest BCUT2D eigenvalue weighted by Crippen LogP contribution is 2.20. The fraction of sp³-hybridized carbons (Fsp3) is 0.957. The van der Waals surface area contributed by atoms with E-state index in [9.17, 15) is 0 Å². The minimum Gasteiger partial charge on any atom is -0.378 e. The first-order chi connectivity index (χ1) is 14.3. The van der Waals surface area contributed by atoms with Crippen LogP contribution in [-0.4, -0.2) is 75.7 Å². The lowest BCUT2D eigenvalue weighted by atomic mass is 9.98. The summed E-state index contributed by atoms with van der Waals surface area (Å²) in [6.45, 7) is 5.63. The van der Waals surface area contributed by atoms with E-state index in [0.717, 1.165) is 64.7 Å². The Bertz CT molecular complexity index is 454. The van der Waals surface area contributed by atoms with Gasteiger partial charge in [0.15, 0.2) is 5.96 Å². The van der Waals surface area contributed by atoms with Crippen molar-refractivity contribution in [1.82, 2.24) is 10.2 Å². The molecule has 2 saturated heterocycles. The average molecular weight is 410 g/mol. The highest BCUT2D eigenvalue weighted by molar-refractivity contribution is 5.79. The summed E-state index contributed by atoms with van der Waals surface area (Å²) in [6, 6.07) is 0. The number of unbranched alkanes of at least 4 members (excludes halogenated alkanes) is 2. The molecule has 1 N–H and O–H groups in total. The zero-order chi connectivity index (χ0) is 20.2. The van der Waals surface area contributed by atoms with E-state index in [1.807, 2.05) is 7.05 Å². The molecule has 0 spiro atoms. The number of likely N-dealkylation sites (tertiary alicyclic amines) is 1. The van der Waals surface area contributed by atoms with E-state index in [1.165, 1.54) is 57.8 Å². The van der Waals surface area contributed by atoms with Crippen molar-refractivity contribution in [2.24, 2.45) is 4.99 Å². The third-order valence-electron chi connectivity index (χ3n) is 6.51. The minimum atomic E-state index is 0.329. The third-order valence-corrected chi connectivity index (χ3v) is 6.51. The number of hydrogen-bond acceptors (Lipinski definition) is 4. The van der Waals surface area contributed by atoms with Crippen molar-refractivity contribution in [3.8, 4) is 0 Å². The molecule has 2 heterocycles. The molecule has 0 bridgehead atoms. The second-order valence-corrected chi connectivity index (χ2v) is 8.82. The van der Waals surface area contributed by atoms with E-state index in [-0.39, 0.29) is 0 Å². The standard InChI is InChI=1S/C23H43N3O3/c1-24-23(25-14-6-3-7-17-27-20-9-4-2-5-10-20)26-15-12-21(13-16-26)29-19-22-11-8-18-28-22/h20-22H,2-19H2,1H3,(H,24,25). The van der Waals surface area contributed by atoms with Gasteiger partial charge in [0.2, 0.25) is 0 Å². The van der Waals surface area contributed by atoms with Crippen molar-refractivity contribution >= 4 is 5.96 Å². The molecule has 1 atom stereocenters. The van der Waals surface area contributed by atoms with Crippen LogP contribution < -0.4 is 5.32 Å². The van der Waals surface area contributed by atoms with Crippen LogP contribution >= 0.6 is 0 Å². The second-order valence-electron chi connectivity index (χ2n) is 8.82. The fourth-order valence-corrected chi connectivity index (χ4v) is 4.67. The second kappa shape index (κ2) is 13.5. The normalized spacial score (nSPS) is 24.9. The van der Waals surface area contributed by atoms with E-state index in [0.29, 0.717) is 18.3 Å². The van der Waals surface area contributed by atoms with Crippen LogP contribution in [0.2, 0.25) is 0 Å². The third kappa shape index (κ3) is 8.42. The lowest BCUT2D eigenvalue weighted by Crippen LogP contribution is -2.47. The quantitative estimate of drug-likeness (QED) is 0.338. The largest absolute Gasteiger partial charge is 0.378 e. The molecular formula is C23H43N3O3. The number of hydrogen-bond donors (Lipinski definition) is 1. The number of piperidine rings is 1. The Labute approximate surface area is 177 Å². The van der Waals surface area contributed by atoms with Gasteiger partial charge in [-0.3, -0.25) is 4.99 Å². The van der Waals surface area contributed by atoms with Crippen LogP contribution in [0.15, 0.2) is 4.99 Å². The Balaban J connectivity index is 1.19. The first-order valence-corrected chi connectivity index (χ1v) is 12.2. The van der Waals surface area contributed by atoms with E-state index >= 15 is 0 Å². The summed E-state index contributed by atoms with van der Waals surface area (Å²) in [6.07, 6.45) is 15.9. The van der Waals surface area contributed by atoms with Gasteiger partial charge in [0.05, 0.1) is 24.9 Å². The molecular weight excluding hydrogens is 366 g/mol. The van der Waals surface area contributed by atoms with Gasteiger partial charge in [-0.25, -0.2) is 0 Å². The zero-order valence-electron chi connectivity index (χ0n) is 18.6. The number of guanidine groups is 1. The van der Waals surface area contributed by atoms with E-state index < -0.39 is 0 Å². The predicted molar refractivity (Wildman–Crippen MR) is 118 cm³/mol. The molecule has 2 aliphatic heterocycles. The summed E-state index contributed by atoms with van der Waals surface area (Å²) in [5.41, 5.74) is 0. The summed E-state index contributed by atoms with van der Waals surface area (Å²) < 4.78 is 17.8. The summed E-state index contributed by atoms with van der Waals surface area (Å²) in [5.74, 6) is 1.04. The number of rotatable bonds is 10. The van der Waals surface area contributed by atoms with Crippen LogP contribution in [0.1, 0.15) is 77.0 Å². The van der Waals surface area contributed by atoms with Crippen molar-refractivity contribution in [2.75, 3.05) is 46.5 Å². The Morgan fingerprint density at radius 2 is 1.72 bits per heavy atom. The smallest absolute Gasteiger partial charge is 0.193 e. The number of ether oxygens (including phenoxy) is 3. The average Bonchev–Trinajstić information content (AvgIpc) is 3.29. The molecule has 168 valence electrons. The number of nitrogens with zero attached hydrogens (tertiary/aromatic N) is 2. The van der Waals surface area contributed by atoms with Crippen LogP contribution in [0, 0.1) is 0 Å². The Kier molecular flexibility index (Phi) is 10.6. The van der Waals surface area contributed by atoms with Gasteiger partial charge in [0.1, 0.15) is 0 Å². The summed E-state index contributed by atoms with van der Waals surface area (Å²) >= 11 is 0. The van der Waals surface area contributed by atoms with Crippen molar-refractivity contribution in [2.45, 2.75) is 95.4 Å². The molecule has 29 heavy (non-hydrogen) atoms. The van der Waals surface area contributed by atoms with Crippen molar-refractivity contribution < 1.29 is 14.2 Å². The maximum absolute atomic E-state index is 6.08. The van der Waals surface area contributed by atoms with Gasteiger partial charge >= 0.3 is 0 Å². The van der Waals surface area contributed by atoms with Crippen molar-refractivity contribution in [3.05, 3.63) is 0 Å². The molecule has 3 fully saturated rings. The van der Waals surface area contributed by atoms with E-state index in [1.54, 1.807) is 0 Å². The SMILES string of the molecule is CN=C(NCCCCCOC1CCCCC1)N1CCC(OCC2CCCO2)CC1. The van der Waals surface area contributed by atoms with Gasteiger partial charge < -0.3 is 24.4 Å². The van der Waals surface area contributed by atoms with Gasteiger partial charge in [0, 0.05) is 39.9 Å². The number of aliphatic imine (C=N–C) groups is 1. The van der Waals surface area contributed by atoms with Crippen molar-refractivity contribution in [1.29, 1.82) is 0 Å². The molecule has 0 aromatic heterocycles. The summed E-state index contributed by atoms with van der Waals surface area (Å²) in [4.78, 5) is 6.86. The zero-order valence-corrected chi connectivity index (χ0v) is 18.6. The fourth-order valence-electron chi connectivity index (χ4n) is 4.67. The molecule has 3 rings (SSSR count). The highest BCUT2D eigenvalue weighted by Gasteiger charge is 2.24. The summed E-state index contributed by atoms with van der Waals surface area (Å²) in [7, 11) is 1.89. The lowest BCUT2D eigenvalue weighted by molar-refractivity contribution is -0.0367. The Morgan fingerprint density at radius 1 is 0.931 bits per heavy atom. The lowest BCUT2D eigenvalue weighted by Gasteiger charge is -2.34. The van der Waals surface area contributed by atoms with Gasteiger partial charge in [-0.1, -0.05) is 19.3 Å². The molecule has 6 heteroatoms. The first-order valence-electron chi connectivity index (χ1n) is 12.2. The Hall–Kier alpha value is -0.850. The van der Waals surface area contributed by atoms with Crippen LogP contribution in [0.4, 0.5) is 0 Å². The van der Waals surface area contributed by atoms with Crippen molar-refractivity contribution in [3.63, 3.8) is 0 Å². The topological polar surface area (TPSA) is 55.3 Å². The predicted octanol–water partition coefficient (Wildman–Crippen LogP) is 3.74. The molecule has 0 amide bonds. The molecule has 3 aliphatic rings. The minimum absolute atomic E-state index is 0.329.